The van der Waals surface area contributed by atoms with E-state index in [1.165, 1.54) is 31.3 Å². The molecular weight excluding hydrogens is 284 g/mol. The van der Waals surface area contributed by atoms with Gasteiger partial charge in [0.2, 0.25) is 0 Å². The monoisotopic (exact) mass is 314 g/mol. The van der Waals surface area contributed by atoms with Crippen LogP contribution in [0.4, 0.5) is 0 Å². The molecule has 3 saturated carbocycles. The third-order valence-electron chi connectivity index (χ3n) is 8.19. The smallest absolute Gasteiger partial charge is 0.142 e. The van der Waals surface area contributed by atoms with Crippen LogP contribution in [-0.4, -0.2) is 17.5 Å². The molecule has 0 bridgehead atoms. The minimum Gasteiger partial charge on any atom is -0.393 e. The van der Waals surface area contributed by atoms with E-state index in [1.54, 1.807) is 5.57 Å². The molecule has 3 fully saturated rings. The zero-order valence-corrected chi connectivity index (χ0v) is 14.6. The number of hydrogen-bond acceptors (Lipinski definition) is 2. The lowest BCUT2D eigenvalue weighted by molar-refractivity contribution is -0.104. The molecule has 0 heterocycles. The molecule has 0 amide bonds. The van der Waals surface area contributed by atoms with Gasteiger partial charge in [-0.05, 0) is 86.0 Å². The summed E-state index contributed by atoms with van der Waals surface area (Å²) in [6.45, 7) is 4.89. The Morgan fingerprint density at radius 1 is 1.13 bits per heavy atom. The van der Waals surface area contributed by atoms with Crippen LogP contribution in [0.15, 0.2) is 23.3 Å². The van der Waals surface area contributed by atoms with Crippen LogP contribution in [-0.2, 0) is 4.79 Å². The SMILES string of the molecule is CC12CCC3C(CC=C4CC(O)CCC43C)C1CCC2=CC=O. The molecule has 0 radical (unpaired) electrons. The lowest BCUT2D eigenvalue weighted by Crippen LogP contribution is -2.49. The van der Waals surface area contributed by atoms with E-state index in [-0.39, 0.29) is 11.5 Å². The van der Waals surface area contributed by atoms with Gasteiger partial charge in [0, 0.05) is 0 Å². The molecule has 6 unspecified atom stereocenters. The summed E-state index contributed by atoms with van der Waals surface area (Å²) in [5, 5.41) is 10.1. The maximum atomic E-state index is 11.0. The van der Waals surface area contributed by atoms with Crippen LogP contribution in [0.1, 0.15) is 65.2 Å². The van der Waals surface area contributed by atoms with Crippen LogP contribution in [0, 0.1) is 28.6 Å². The van der Waals surface area contributed by atoms with Gasteiger partial charge in [-0.25, -0.2) is 0 Å². The molecule has 0 spiro atoms. The lowest BCUT2D eigenvalue weighted by atomic mass is 9.48. The van der Waals surface area contributed by atoms with E-state index in [4.69, 9.17) is 0 Å². The predicted octanol–water partition coefficient (Wildman–Crippen LogP) is 4.44. The molecule has 126 valence electrons. The zero-order valence-electron chi connectivity index (χ0n) is 14.6. The van der Waals surface area contributed by atoms with Crippen molar-refractivity contribution in [1.29, 1.82) is 0 Å². The summed E-state index contributed by atoms with van der Waals surface area (Å²) >= 11 is 0. The van der Waals surface area contributed by atoms with Crippen LogP contribution in [0.2, 0.25) is 0 Å². The van der Waals surface area contributed by atoms with Gasteiger partial charge in [0.15, 0.2) is 0 Å². The Morgan fingerprint density at radius 3 is 2.65 bits per heavy atom. The Morgan fingerprint density at radius 2 is 1.87 bits per heavy atom. The fraction of sp³-hybridized carbons (Fsp3) is 0.762. The molecule has 0 aromatic carbocycles. The molecule has 0 aromatic rings. The number of fused-ring (bicyclic) bond motifs is 5. The quantitative estimate of drug-likeness (QED) is 0.441. The first-order chi connectivity index (χ1) is 11.0. The Bertz CT molecular complexity index is 574. The summed E-state index contributed by atoms with van der Waals surface area (Å²) in [6, 6.07) is 0. The second kappa shape index (κ2) is 5.31. The summed E-state index contributed by atoms with van der Waals surface area (Å²) in [6.07, 6.45) is 14.4. The van der Waals surface area contributed by atoms with Crippen molar-refractivity contribution in [1.82, 2.24) is 0 Å². The number of aliphatic hydroxyl groups excluding tert-OH is 1. The Balaban J connectivity index is 1.67. The highest BCUT2D eigenvalue weighted by Crippen LogP contribution is 2.65. The Kier molecular flexibility index (Phi) is 3.61. The number of allylic oxidation sites excluding steroid dienone is 3. The van der Waals surface area contributed by atoms with E-state index < -0.39 is 0 Å². The van der Waals surface area contributed by atoms with E-state index in [9.17, 15) is 9.90 Å². The van der Waals surface area contributed by atoms with Crippen molar-refractivity contribution in [3.8, 4) is 0 Å². The average molecular weight is 314 g/mol. The van der Waals surface area contributed by atoms with Gasteiger partial charge < -0.3 is 5.11 Å². The van der Waals surface area contributed by atoms with Crippen LogP contribution < -0.4 is 0 Å². The van der Waals surface area contributed by atoms with Gasteiger partial charge in [0.05, 0.1) is 6.10 Å². The second-order valence-electron chi connectivity index (χ2n) is 8.98. The van der Waals surface area contributed by atoms with Gasteiger partial charge in [0.1, 0.15) is 6.29 Å². The minimum atomic E-state index is -0.117. The normalized spacial score (nSPS) is 50.7. The number of hydrogen-bond donors (Lipinski definition) is 1. The topological polar surface area (TPSA) is 37.3 Å². The first kappa shape index (κ1) is 15.6. The van der Waals surface area contributed by atoms with E-state index in [0.29, 0.717) is 5.41 Å². The molecule has 23 heavy (non-hydrogen) atoms. The van der Waals surface area contributed by atoms with E-state index >= 15 is 0 Å². The molecular formula is C21H30O2. The van der Waals surface area contributed by atoms with Crippen LogP contribution >= 0.6 is 0 Å². The average Bonchev–Trinajstić information content (AvgIpc) is 2.85. The number of rotatable bonds is 1. The van der Waals surface area contributed by atoms with Gasteiger partial charge >= 0.3 is 0 Å². The van der Waals surface area contributed by atoms with Crippen LogP contribution in [0.3, 0.4) is 0 Å². The van der Waals surface area contributed by atoms with Crippen LogP contribution in [0.25, 0.3) is 0 Å². The summed E-state index contributed by atoms with van der Waals surface area (Å²) in [4.78, 5) is 11.0. The summed E-state index contributed by atoms with van der Waals surface area (Å²) in [5.41, 5.74) is 3.54. The highest BCUT2D eigenvalue weighted by molar-refractivity contribution is 5.67. The highest BCUT2D eigenvalue weighted by atomic mass is 16.3. The summed E-state index contributed by atoms with van der Waals surface area (Å²) < 4.78 is 0. The van der Waals surface area contributed by atoms with Crippen molar-refractivity contribution in [3.63, 3.8) is 0 Å². The molecule has 1 N–H and O–H groups in total. The van der Waals surface area contributed by atoms with Gasteiger partial charge in [0.25, 0.3) is 0 Å². The molecule has 0 aliphatic heterocycles. The first-order valence-corrected chi connectivity index (χ1v) is 9.51. The third-order valence-corrected chi connectivity index (χ3v) is 8.19. The molecule has 2 nitrogen and oxygen atoms in total. The summed E-state index contributed by atoms with van der Waals surface area (Å²) in [5.74, 6) is 2.30. The van der Waals surface area contributed by atoms with Gasteiger partial charge in [-0.3, -0.25) is 4.79 Å². The molecule has 2 heteroatoms. The zero-order chi connectivity index (χ0) is 16.2. The highest BCUT2D eigenvalue weighted by Gasteiger charge is 2.56. The van der Waals surface area contributed by atoms with Crippen molar-refractivity contribution in [2.75, 3.05) is 0 Å². The number of carbonyl (C=O) groups excluding carboxylic acids is 1. The molecule has 4 rings (SSSR count). The Labute approximate surface area is 140 Å². The summed E-state index contributed by atoms with van der Waals surface area (Å²) in [7, 11) is 0. The molecule has 0 aromatic heterocycles. The molecule has 4 aliphatic rings. The van der Waals surface area contributed by atoms with E-state index in [2.05, 4.69) is 19.9 Å². The van der Waals surface area contributed by atoms with Gasteiger partial charge in [-0.2, -0.15) is 0 Å². The van der Waals surface area contributed by atoms with Gasteiger partial charge in [-0.1, -0.05) is 31.1 Å². The third kappa shape index (κ3) is 2.13. The fourth-order valence-electron chi connectivity index (χ4n) is 6.85. The standard InChI is InChI=1S/C21H30O2/c1-20-11-8-19-17(18(20)6-4-14(20)9-12-22)5-3-15-13-16(23)7-10-21(15,19)2/h3,9,12,16-19,23H,4-8,10-11,13H2,1-2H3. The van der Waals surface area contributed by atoms with Crippen LogP contribution in [0.5, 0.6) is 0 Å². The minimum absolute atomic E-state index is 0.117. The second-order valence-corrected chi connectivity index (χ2v) is 8.98. The molecule has 6 atom stereocenters. The van der Waals surface area contributed by atoms with E-state index in [0.717, 1.165) is 49.7 Å². The Hall–Kier alpha value is -0.890. The first-order valence-electron chi connectivity index (χ1n) is 9.51. The largest absolute Gasteiger partial charge is 0.393 e. The predicted molar refractivity (Wildman–Crippen MR) is 91.9 cm³/mol. The van der Waals surface area contributed by atoms with Crippen molar-refractivity contribution < 1.29 is 9.90 Å². The maximum absolute atomic E-state index is 11.0. The van der Waals surface area contributed by atoms with E-state index in [1.807, 2.05) is 6.08 Å². The van der Waals surface area contributed by atoms with Crippen molar-refractivity contribution >= 4 is 6.29 Å². The van der Waals surface area contributed by atoms with Crippen molar-refractivity contribution in [3.05, 3.63) is 23.3 Å². The number of carbonyl (C=O) groups is 1. The number of aliphatic hydroxyl groups is 1. The lowest BCUT2D eigenvalue weighted by Gasteiger charge is -2.57. The van der Waals surface area contributed by atoms with Crippen molar-refractivity contribution in [2.45, 2.75) is 71.3 Å². The molecule has 4 aliphatic carbocycles. The molecule has 0 saturated heterocycles. The maximum Gasteiger partial charge on any atom is 0.142 e. The fourth-order valence-corrected chi connectivity index (χ4v) is 6.85. The van der Waals surface area contributed by atoms with Gasteiger partial charge in [-0.15, -0.1) is 0 Å². The van der Waals surface area contributed by atoms with Crippen molar-refractivity contribution in [2.24, 2.45) is 28.6 Å². The number of aldehydes is 1.